The quantitative estimate of drug-likeness (QED) is 0.474. The number of hydrazone groups is 1. The van der Waals surface area contributed by atoms with Crippen molar-refractivity contribution in [2.45, 2.75) is 0 Å². The number of rotatable bonds is 5. The van der Waals surface area contributed by atoms with Gasteiger partial charge in [0.15, 0.2) is 11.5 Å². The Morgan fingerprint density at radius 1 is 1.31 bits per heavy atom. The average Bonchev–Trinajstić information content (AvgIpc) is 3.14. The van der Waals surface area contributed by atoms with Crippen LogP contribution in [0.25, 0.3) is 11.3 Å². The van der Waals surface area contributed by atoms with Gasteiger partial charge in [-0.15, -0.1) is 0 Å². The summed E-state index contributed by atoms with van der Waals surface area (Å²) in [5.41, 5.74) is 4.48. The number of phenolic OH excluding ortho intramolecular Hbond substituents is 1. The number of carbonyl (C=O) groups excluding carboxylic acids is 1. The predicted octanol–water partition coefficient (Wildman–Crippen LogP) is 3.21. The van der Waals surface area contributed by atoms with Gasteiger partial charge < -0.3 is 9.84 Å². The highest BCUT2D eigenvalue weighted by Gasteiger charge is 2.11. The summed E-state index contributed by atoms with van der Waals surface area (Å²) in [6.07, 6.45) is 1.33. The number of amides is 1. The van der Waals surface area contributed by atoms with E-state index in [0.717, 1.165) is 5.56 Å². The molecule has 8 heteroatoms. The van der Waals surface area contributed by atoms with E-state index in [2.05, 4.69) is 20.7 Å². The summed E-state index contributed by atoms with van der Waals surface area (Å²) in [7, 11) is 1.45. The van der Waals surface area contributed by atoms with Crippen molar-refractivity contribution in [3.63, 3.8) is 0 Å². The van der Waals surface area contributed by atoms with E-state index >= 15 is 0 Å². The van der Waals surface area contributed by atoms with Gasteiger partial charge in [0.2, 0.25) is 0 Å². The molecule has 0 bridgehead atoms. The lowest BCUT2D eigenvalue weighted by Gasteiger charge is -2.04. The molecule has 0 spiro atoms. The maximum atomic E-state index is 12.1. The number of halogens is 1. The SMILES string of the molecule is COc1cccc(/C=N/NC(=O)c2cc(-c3ccc(Cl)cc3)n[nH]2)c1O. The van der Waals surface area contributed by atoms with Crippen LogP contribution in [0.3, 0.4) is 0 Å². The third-order valence-corrected chi connectivity index (χ3v) is 3.83. The van der Waals surface area contributed by atoms with Crippen LogP contribution in [0.1, 0.15) is 16.1 Å². The number of methoxy groups -OCH3 is 1. The number of benzene rings is 2. The zero-order valence-electron chi connectivity index (χ0n) is 13.7. The Labute approximate surface area is 154 Å². The van der Waals surface area contributed by atoms with Gasteiger partial charge in [0.05, 0.1) is 19.0 Å². The Bertz CT molecular complexity index is 951. The number of aromatic hydroxyl groups is 1. The highest BCUT2D eigenvalue weighted by Crippen LogP contribution is 2.27. The van der Waals surface area contributed by atoms with Crippen molar-refractivity contribution in [3.8, 4) is 22.8 Å². The van der Waals surface area contributed by atoms with Crippen LogP contribution in [0.5, 0.6) is 11.5 Å². The lowest BCUT2D eigenvalue weighted by atomic mass is 10.1. The fraction of sp³-hybridized carbons (Fsp3) is 0.0556. The first-order valence-corrected chi connectivity index (χ1v) is 7.97. The number of hydrogen-bond donors (Lipinski definition) is 3. The number of hydrogen-bond acceptors (Lipinski definition) is 5. The summed E-state index contributed by atoms with van der Waals surface area (Å²) in [6, 6.07) is 13.7. The molecule has 0 atom stereocenters. The second-order valence-electron chi connectivity index (χ2n) is 5.27. The molecule has 3 N–H and O–H groups in total. The molecule has 0 unspecified atom stereocenters. The minimum Gasteiger partial charge on any atom is -0.504 e. The van der Waals surface area contributed by atoms with Crippen molar-refractivity contribution in [1.82, 2.24) is 15.6 Å². The maximum absolute atomic E-state index is 12.1. The first kappa shape index (κ1) is 17.5. The van der Waals surface area contributed by atoms with Gasteiger partial charge in [0.1, 0.15) is 5.69 Å². The molecule has 3 aromatic rings. The second kappa shape index (κ2) is 7.71. The van der Waals surface area contributed by atoms with Crippen LogP contribution in [0.4, 0.5) is 0 Å². The lowest BCUT2D eigenvalue weighted by molar-refractivity contribution is 0.0950. The number of para-hydroxylation sites is 1. The summed E-state index contributed by atoms with van der Waals surface area (Å²) in [6.45, 7) is 0. The zero-order valence-corrected chi connectivity index (χ0v) is 14.5. The average molecular weight is 371 g/mol. The van der Waals surface area contributed by atoms with Crippen LogP contribution < -0.4 is 10.2 Å². The molecule has 0 aliphatic carbocycles. The summed E-state index contributed by atoms with van der Waals surface area (Å²) in [4.78, 5) is 12.1. The largest absolute Gasteiger partial charge is 0.504 e. The van der Waals surface area contributed by atoms with E-state index in [1.807, 2.05) is 12.1 Å². The molecule has 26 heavy (non-hydrogen) atoms. The first-order valence-electron chi connectivity index (χ1n) is 7.59. The summed E-state index contributed by atoms with van der Waals surface area (Å²) < 4.78 is 5.01. The number of aromatic amines is 1. The van der Waals surface area contributed by atoms with Crippen molar-refractivity contribution < 1.29 is 14.6 Å². The smallest absolute Gasteiger partial charge is 0.289 e. The van der Waals surface area contributed by atoms with Crippen LogP contribution in [0, 0.1) is 0 Å². The normalized spacial score (nSPS) is 10.8. The molecule has 0 aliphatic rings. The molecule has 0 saturated carbocycles. The molecule has 1 aromatic heterocycles. The lowest BCUT2D eigenvalue weighted by Crippen LogP contribution is -2.18. The van der Waals surface area contributed by atoms with Crippen molar-refractivity contribution in [2.24, 2.45) is 5.10 Å². The first-order chi connectivity index (χ1) is 12.6. The third-order valence-electron chi connectivity index (χ3n) is 3.58. The highest BCUT2D eigenvalue weighted by molar-refractivity contribution is 6.30. The minimum atomic E-state index is -0.462. The third kappa shape index (κ3) is 3.84. The van der Waals surface area contributed by atoms with Crippen molar-refractivity contribution in [2.75, 3.05) is 7.11 Å². The number of nitrogens with one attached hydrogen (secondary N) is 2. The molecule has 0 fully saturated rings. The number of ether oxygens (including phenoxy) is 1. The standard InChI is InChI=1S/C18H15ClN4O3/c1-26-16-4-2-3-12(17(16)24)10-20-23-18(25)15-9-14(21-22-15)11-5-7-13(19)8-6-11/h2-10,24H,1H3,(H,21,22)(H,23,25)/b20-10+. The van der Waals surface area contributed by atoms with Gasteiger partial charge in [0.25, 0.3) is 5.91 Å². The fourth-order valence-corrected chi connectivity index (χ4v) is 2.36. The molecule has 0 saturated heterocycles. The Morgan fingerprint density at radius 3 is 2.81 bits per heavy atom. The van der Waals surface area contributed by atoms with Gasteiger partial charge in [-0.2, -0.15) is 10.2 Å². The van der Waals surface area contributed by atoms with Gasteiger partial charge in [-0.05, 0) is 30.3 Å². The summed E-state index contributed by atoms with van der Waals surface area (Å²) in [5.74, 6) is -0.197. The Morgan fingerprint density at radius 2 is 2.08 bits per heavy atom. The van der Waals surface area contributed by atoms with Crippen LogP contribution >= 0.6 is 11.6 Å². The molecule has 3 rings (SSSR count). The molecule has 132 valence electrons. The van der Waals surface area contributed by atoms with Crippen LogP contribution in [-0.2, 0) is 0 Å². The van der Waals surface area contributed by atoms with E-state index in [1.54, 1.807) is 36.4 Å². The molecular formula is C18H15ClN4O3. The van der Waals surface area contributed by atoms with E-state index < -0.39 is 5.91 Å². The van der Waals surface area contributed by atoms with Gasteiger partial charge in [0, 0.05) is 16.1 Å². The zero-order chi connectivity index (χ0) is 18.5. The van der Waals surface area contributed by atoms with E-state index in [0.29, 0.717) is 22.0 Å². The van der Waals surface area contributed by atoms with E-state index in [4.69, 9.17) is 16.3 Å². The van der Waals surface area contributed by atoms with Gasteiger partial charge >= 0.3 is 0 Å². The maximum Gasteiger partial charge on any atom is 0.289 e. The molecule has 2 aromatic carbocycles. The molecule has 7 nitrogen and oxygen atoms in total. The molecule has 0 aliphatic heterocycles. The number of aromatic nitrogens is 2. The highest BCUT2D eigenvalue weighted by atomic mass is 35.5. The molecule has 1 amide bonds. The number of carbonyl (C=O) groups is 1. The molecular weight excluding hydrogens is 356 g/mol. The van der Waals surface area contributed by atoms with E-state index in [-0.39, 0.29) is 11.4 Å². The molecule has 0 radical (unpaired) electrons. The van der Waals surface area contributed by atoms with Crippen molar-refractivity contribution in [1.29, 1.82) is 0 Å². The van der Waals surface area contributed by atoms with Crippen LogP contribution in [-0.4, -0.2) is 34.5 Å². The predicted molar refractivity (Wildman–Crippen MR) is 98.8 cm³/mol. The van der Waals surface area contributed by atoms with Gasteiger partial charge in [-0.25, -0.2) is 5.43 Å². The van der Waals surface area contributed by atoms with Crippen LogP contribution in [0.15, 0.2) is 53.6 Å². The monoisotopic (exact) mass is 370 g/mol. The minimum absolute atomic E-state index is 0.0560. The van der Waals surface area contributed by atoms with E-state index in [9.17, 15) is 9.90 Å². The Balaban J connectivity index is 1.68. The fourth-order valence-electron chi connectivity index (χ4n) is 2.24. The summed E-state index contributed by atoms with van der Waals surface area (Å²) >= 11 is 5.86. The number of phenols is 1. The van der Waals surface area contributed by atoms with Crippen LogP contribution in [0.2, 0.25) is 5.02 Å². The summed E-state index contributed by atoms with van der Waals surface area (Å²) in [5, 5.41) is 21.2. The number of H-pyrrole nitrogens is 1. The second-order valence-corrected chi connectivity index (χ2v) is 5.71. The van der Waals surface area contributed by atoms with E-state index in [1.165, 1.54) is 13.3 Å². The molecule has 1 heterocycles. The van der Waals surface area contributed by atoms with Crippen molar-refractivity contribution in [3.05, 3.63) is 64.8 Å². The van der Waals surface area contributed by atoms with Gasteiger partial charge in [-0.1, -0.05) is 29.8 Å². The van der Waals surface area contributed by atoms with Gasteiger partial charge in [-0.3, -0.25) is 9.89 Å². The topological polar surface area (TPSA) is 99.6 Å². The Hall–Kier alpha value is -3.32. The van der Waals surface area contributed by atoms with Crippen molar-refractivity contribution >= 4 is 23.7 Å². The number of nitrogens with zero attached hydrogens (tertiary/aromatic N) is 2. The Kier molecular flexibility index (Phi) is 5.19.